The third-order valence-corrected chi connectivity index (χ3v) is 7.23. The van der Waals surface area contributed by atoms with Crippen LogP contribution in [0.4, 0.5) is 21.7 Å². The number of hydrogen-bond donors (Lipinski definition) is 1. The Morgan fingerprint density at radius 3 is 2.88 bits per heavy atom. The summed E-state index contributed by atoms with van der Waals surface area (Å²) in [5.41, 5.74) is 2.68. The molecule has 0 spiro atoms. The Morgan fingerprint density at radius 2 is 2.10 bits per heavy atom. The Morgan fingerprint density at radius 1 is 1.24 bits per heavy atom. The minimum Gasteiger partial charge on any atom is -0.489 e. The van der Waals surface area contributed by atoms with Crippen LogP contribution in [0.3, 0.4) is 0 Å². The average Bonchev–Trinajstić information content (AvgIpc) is 3.14. The third-order valence-electron chi connectivity index (χ3n) is 7.23. The molecule has 2 aliphatic rings. The lowest BCUT2D eigenvalue weighted by molar-refractivity contribution is 0.273. The molecular formula is C32H38FN7O2. The number of hydrogen-bond acceptors (Lipinski definition) is 9. The lowest BCUT2D eigenvalue weighted by Gasteiger charge is -2.24. The molecule has 0 bridgehead atoms. The molecule has 1 atom stereocenters. The van der Waals surface area contributed by atoms with Crippen LogP contribution < -0.4 is 19.7 Å². The zero-order chi connectivity index (χ0) is 29.6. The number of nitrogens with one attached hydrogen (secondary N) is 1. The molecule has 1 aromatic carbocycles. The van der Waals surface area contributed by atoms with E-state index in [0.717, 1.165) is 43.9 Å². The van der Waals surface area contributed by atoms with Gasteiger partial charge in [0, 0.05) is 49.1 Å². The van der Waals surface area contributed by atoms with Gasteiger partial charge in [0.05, 0.1) is 23.5 Å². The number of aromatic nitrogens is 3. The van der Waals surface area contributed by atoms with Gasteiger partial charge in [-0.3, -0.25) is 0 Å². The molecule has 0 radical (unpaired) electrons. The fourth-order valence-electron chi connectivity index (χ4n) is 5.01. The van der Waals surface area contributed by atoms with Crippen molar-refractivity contribution >= 4 is 34.6 Å². The van der Waals surface area contributed by atoms with Gasteiger partial charge in [-0.1, -0.05) is 32.8 Å². The molecule has 2 aromatic heterocycles. The van der Waals surface area contributed by atoms with Gasteiger partial charge in [-0.05, 0) is 45.4 Å². The molecule has 0 saturated heterocycles. The van der Waals surface area contributed by atoms with E-state index in [1.165, 1.54) is 6.33 Å². The summed E-state index contributed by atoms with van der Waals surface area (Å²) in [5, 5.41) is 9.19. The SMILES string of the molecule is C/C=N\N1C=CC(Oc2ccc(Nc3ncnc4cc5c(nc34)N(CCCCC)CC(C)CO5)c(F)c2C)=C/C1=C\C. The van der Waals surface area contributed by atoms with Crippen molar-refractivity contribution in [3.05, 3.63) is 71.8 Å². The molecule has 4 heterocycles. The van der Waals surface area contributed by atoms with Gasteiger partial charge >= 0.3 is 0 Å². The van der Waals surface area contributed by atoms with Crippen molar-refractivity contribution in [2.24, 2.45) is 11.0 Å². The van der Waals surface area contributed by atoms with E-state index in [-0.39, 0.29) is 5.69 Å². The van der Waals surface area contributed by atoms with E-state index >= 15 is 4.39 Å². The Hall–Kier alpha value is -4.47. The number of ether oxygens (including phenoxy) is 2. The monoisotopic (exact) mass is 571 g/mol. The average molecular weight is 572 g/mol. The Labute approximate surface area is 246 Å². The summed E-state index contributed by atoms with van der Waals surface area (Å²) in [6.45, 7) is 12.2. The van der Waals surface area contributed by atoms with Crippen molar-refractivity contribution in [3.63, 3.8) is 0 Å². The predicted octanol–water partition coefficient (Wildman–Crippen LogP) is 7.24. The third kappa shape index (κ3) is 6.22. The first-order valence-electron chi connectivity index (χ1n) is 14.5. The molecule has 42 heavy (non-hydrogen) atoms. The highest BCUT2D eigenvalue weighted by Crippen LogP contribution is 2.36. The number of halogens is 1. The van der Waals surface area contributed by atoms with E-state index in [1.54, 1.807) is 42.6 Å². The molecule has 9 nitrogen and oxygen atoms in total. The minimum atomic E-state index is -0.434. The summed E-state index contributed by atoms with van der Waals surface area (Å²) in [6, 6.07) is 5.30. The number of nitrogens with zero attached hydrogens (tertiary/aromatic N) is 6. The van der Waals surface area contributed by atoms with Crippen LogP contribution in [0.2, 0.25) is 0 Å². The van der Waals surface area contributed by atoms with Crippen LogP contribution in [0.15, 0.2) is 65.5 Å². The number of unbranched alkanes of at least 4 members (excludes halogenated alkanes) is 2. The lowest BCUT2D eigenvalue weighted by atomic mass is 10.1. The van der Waals surface area contributed by atoms with Crippen molar-refractivity contribution in [2.45, 2.75) is 53.9 Å². The number of pyridine rings is 1. The topological polar surface area (TPSA) is 88.0 Å². The predicted molar refractivity (Wildman–Crippen MR) is 166 cm³/mol. The smallest absolute Gasteiger partial charge is 0.172 e. The summed E-state index contributed by atoms with van der Waals surface area (Å²) in [5.74, 6) is 2.84. The highest BCUT2D eigenvalue weighted by Gasteiger charge is 2.24. The molecule has 1 N–H and O–H groups in total. The van der Waals surface area contributed by atoms with Crippen LogP contribution in [0.1, 0.15) is 52.5 Å². The zero-order valence-corrected chi connectivity index (χ0v) is 24.9. The first kappa shape index (κ1) is 29.0. The van der Waals surface area contributed by atoms with Gasteiger partial charge in [0.25, 0.3) is 0 Å². The molecular weight excluding hydrogens is 533 g/mol. The number of fused-ring (bicyclic) bond motifs is 2. The van der Waals surface area contributed by atoms with Gasteiger partial charge in [-0.15, -0.1) is 0 Å². The van der Waals surface area contributed by atoms with Crippen molar-refractivity contribution < 1.29 is 13.9 Å². The summed E-state index contributed by atoms with van der Waals surface area (Å²) in [4.78, 5) is 16.1. The molecule has 0 aliphatic carbocycles. The molecule has 0 amide bonds. The van der Waals surface area contributed by atoms with Crippen LogP contribution in [0, 0.1) is 18.7 Å². The van der Waals surface area contributed by atoms with Gasteiger partial charge in [0.2, 0.25) is 0 Å². The summed E-state index contributed by atoms with van der Waals surface area (Å²) in [6.07, 6.45) is 13.9. The van der Waals surface area contributed by atoms with Crippen molar-refractivity contribution in [1.82, 2.24) is 20.0 Å². The number of rotatable bonds is 9. The van der Waals surface area contributed by atoms with Gasteiger partial charge in [0.1, 0.15) is 23.4 Å². The fourth-order valence-corrected chi connectivity index (χ4v) is 5.01. The second-order valence-corrected chi connectivity index (χ2v) is 10.5. The summed E-state index contributed by atoms with van der Waals surface area (Å²) >= 11 is 0. The van der Waals surface area contributed by atoms with E-state index < -0.39 is 5.82 Å². The van der Waals surface area contributed by atoms with Crippen LogP contribution in [0.25, 0.3) is 11.0 Å². The first-order valence-corrected chi connectivity index (χ1v) is 14.5. The second kappa shape index (κ2) is 13.0. The lowest BCUT2D eigenvalue weighted by Crippen LogP contribution is -2.30. The summed E-state index contributed by atoms with van der Waals surface area (Å²) < 4.78 is 27.9. The molecule has 0 fully saturated rings. The fraction of sp³-hybridized carbons (Fsp3) is 0.375. The van der Waals surface area contributed by atoms with E-state index in [0.29, 0.717) is 52.2 Å². The number of anilines is 3. The Bertz CT molecular complexity index is 1570. The van der Waals surface area contributed by atoms with Gasteiger partial charge in [-0.2, -0.15) is 5.10 Å². The number of hydrazone groups is 1. The van der Waals surface area contributed by atoms with Crippen molar-refractivity contribution in [2.75, 3.05) is 29.9 Å². The number of benzene rings is 1. The normalized spacial score (nSPS) is 17.8. The molecule has 10 heteroatoms. The Kier molecular flexibility index (Phi) is 9.00. The molecule has 0 saturated carbocycles. The quantitative estimate of drug-likeness (QED) is 0.212. The van der Waals surface area contributed by atoms with E-state index in [1.807, 2.05) is 32.1 Å². The van der Waals surface area contributed by atoms with E-state index in [2.05, 4.69) is 39.1 Å². The van der Waals surface area contributed by atoms with Gasteiger partial charge < -0.3 is 19.7 Å². The first-order chi connectivity index (χ1) is 20.4. The molecule has 3 aromatic rings. The largest absolute Gasteiger partial charge is 0.489 e. The van der Waals surface area contributed by atoms with Crippen molar-refractivity contribution in [1.29, 1.82) is 0 Å². The van der Waals surface area contributed by atoms with Crippen LogP contribution in [-0.2, 0) is 0 Å². The van der Waals surface area contributed by atoms with Gasteiger partial charge in [0.15, 0.2) is 23.2 Å². The standard InChI is InChI=1S/C32H38FN7O2/c1-6-9-10-14-39-18-21(4)19-41-28-17-26-30(38-32(28)39)31(35-20-34-26)37-25-11-12-27(22(5)29(25)33)42-24-13-15-40(36-8-3)23(7-2)16-24/h7-8,11-13,15-17,20-21H,6,9-10,14,18-19H2,1-5H3,(H,34,35,37)/b23-7+,36-8-. The zero-order valence-electron chi connectivity index (χ0n) is 24.9. The molecule has 2 aliphatic heterocycles. The molecule has 1 unspecified atom stereocenters. The second-order valence-electron chi connectivity index (χ2n) is 10.5. The van der Waals surface area contributed by atoms with Crippen molar-refractivity contribution in [3.8, 4) is 11.5 Å². The maximum absolute atomic E-state index is 15.7. The molecule has 5 rings (SSSR count). The minimum absolute atomic E-state index is 0.270. The maximum Gasteiger partial charge on any atom is 0.172 e. The molecule has 220 valence electrons. The van der Waals surface area contributed by atoms with Crippen LogP contribution in [0.5, 0.6) is 11.5 Å². The van der Waals surface area contributed by atoms with Gasteiger partial charge in [-0.25, -0.2) is 24.4 Å². The highest BCUT2D eigenvalue weighted by molar-refractivity contribution is 5.90. The highest BCUT2D eigenvalue weighted by atomic mass is 19.1. The Balaban J connectivity index is 1.42. The number of allylic oxidation sites excluding steroid dienone is 3. The van der Waals surface area contributed by atoms with Crippen LogP contribution in [-0.4, -0.2) is 45.9 Å². The summed E-state index contributed by atoms with van der Waals surface area (Å²) in [7, 11) is 0. The van der Waals surface area contributed by atoms with Crippen LogP contribution >= 0.6 is 0 Å². The van der Waals surface area contributed by atoms with E-state index in [9.17, 15) is 0 Å². The maximum atomic E-state index is 15.7. The van der Waals surface area contributed by atoms with E-state index in [4.69, 9.17) is 14.5 Å².